The van der Waals surface area contributed by atoms with Gasteiger partial charge in [0.05, 0.1) is 4.90 Å². The summed E-state index contributed by atoms with van der Waals surface area (Å²) in [5.41, 5.74) is 0.909. The first-order valence-electron chi connectivity index (χ1n) is 9.74. The van der Waals surface area contributed by atoms with Crippen LogP contribution in [-0.2, 0) is 23.1 Å². The molecule has 9 heteroatoms. The standard InChI is InChI=1S/C20H29N5O2S.HI/c1-21-20(22-10-15-24-11-5-6-12-24)23-17-18-8-7-9-19(16-18)28(26,27)25-13-3-2-4-14-25;/h5-9,11-12,16H,2-4,10,13-15,17H2,1H3,(H2,21,22,23);1H. The molecule has 0 radical (unpaired) electrons. The van der Waals surface area contributed by atoms with Gasteiger partial charge in [-0.3, -0.25) is 4.99 Å². The summed E-state index contributed by atoms with van der Waals surface area (Å²) in [5, 5.41) is 6.51. The smallest absolute Gasteiger partial charge is 0.243 e. The van der Waals surface area contributed by atoms with Crippen LogP contribution in [0.4, 0.5) is 0 Å². The predicted octanol–water partition coefficient (Wildman–Crippen LogP) is 2.65. The van der Waals surface area contributed by atoms with E-state index < -0.39 is 10.0 Å². The molecule has 2 N–H and O–H groups in total. The summed E-state index contributed by atoms with van der Waals surface area (Å²) in [6.45, 7) is 3.33. The fourth-order valence-corrected chi connectivity index (χ4v) is 4.89. The molecule has 160 valence electrons. The fourth-order valence-electron chi connectivity index (χ4n) is 3.30. The van der Waals surface area contributed by atoms with Crippen LogP contribution in [0.25, 0.3) is 0 Å². The van der Waals surface area contributed by atoms with E-state index in [1.54, 1.807) is 29.6 Å². The van der Waals surface area contributed by atoms with Crippen LogP contribution in [0.1, 0.15) is 24.8 Å². The molecular formula is C20H30IN5O2S. The molecule has 1 saturated heterocycles. The van der Waals surface area contributed by atoms with Crippen molar-refractivity contribution in [2.75, 3.05) is 26.7 Å². The number of halogens is 1. The third kappa shape index (κ3) is 6.71. The lowest BCUT2D eigenvalue weighted by Crippen LogP contribution is -2.38. The minimum atomic E-state index is -3.41. The maximum absolute atomic E-state index is 12.9. The molecular weight excluding hydrogens is 501 g/mol. The Kier molecular flexibility index (Phi) is 9.44. The van der Waals surface area contributed by atoms with Gasteiger partial charge in [-0.15, -0.1) is 24.0 Å². The molecule has 0 atom stereocenters. The van der Waals surface area contributed by atoms with Gasteiger partial charge in [0.15, 0.2) is 5.96 Å². The van der Waals surface area contributed by atoms with E-state index in [0.29, 0.717) is 30.5 Å². The molecule has 1 aliphatic heterocycles. The number of guanidine groups is 1. The van der Waals surface area contributed by atoms with Crippen LogP contribution in [0.3, 0.4) is 0 Å². The van der Waals surface area contributed by atoms with E-state index in [1.807, 2.05) is 30.6 Å². The molecule has 2 heterocycles. The number of aromatic nitrogens is 1. The first kappa shape index (κ1) is 23.7. The van der Waals surface area contributed by atoms with Crippen LogP contribution in [0, 0.1) is 0 Å². The summed E-state index contributed by atoms with van der Waals surface area (Å²) in [6, 6.07) is 11.2. The average Bonchev–Trinajstić information content (AvgIpc) is 3.25. The average molecular weight is 531 g/mol. The Morgan fingerprint density at radius 1 is 1.07 bits per heavy atom. The Morgan fingerprint density at radius 3 is 2.48 bits per heavy atom. The van der Waals surface area contributed by atoms with E-state index in [4.69, 9.17) is 0 Å². The second kappa shape index (κ2) is 11.6. The van der Waals surface area contributed by atoms with Crippen molar-refractivity contribution in [1.82, 2.24) is 19.5 Å². The zero-order chi connectivity index (χ0) is 19.8. The maximum atomic E-state index is 12.9. The Labute approximate surface area is 190 Å². The third-order valence-electron chi connectivity index (χ3n) is 4.86. The van der Waals surface area contributed by atoms with Crippen LogP contribution in [-0.4, -0.2) is 49.9 Å². The van der Waals surface area contributed by atoms with Crippen LogP contribution >= 0.6 is 24.0 Å². The van der Waals surface area contributed by atoms with Gasteiger partial charge in [-0.05, 0) is 42.7 Å². The van der Waals surface area contributed by atoms with Crippen molar-refractivity contribution in [2.45, 2.75) is 37.2 Å². The minimum absolute atomic E-state index is 0. The lowest BCUT2D eigenvalue weighted by Gasteiger charge is -2.26. The number of aliphatic imine (C=N–C) groups is 1. The summed E-state index contributed by atoms with van der Waals surface area (Å²) in [4.78, 5) is 4.59. The van der Waals surface area contributed by atoms with Gasteiger partial charge in [-0.1, -0.05) is 18.6 Å². The number of benzene rings is 1. The number of hydrogen-bond donors (Lipinski definition) is 2. The normalized spacial score (nSPS) is 15.6. The van der Waals surface area contributed by atoms with Gasteiger partial charge in [0.25, 0.3) is 0 Å². The van der Waals surface area contributed by atoms with Gasteiger partial charge < -0.3 is 15.2 Å². The van der Waals surface area contributed by atoms with E-state index in [-0.39, 0.29) is 24.0 Å². The Balaban J connectivity index is 0.00000300. The van der Waals surface area contributed by atoms with E-state index in [9.17, 15) is 8.42 Å². The molecule has 0 spiro atoms. The Bertz CT molecular complexity index is 878. The summed E-state index contributed by atoms with van der Waals surface area (Å²) in [6.07, 6.45) is 7.02. The highest BCUT2D eigenvalue weighted by molar-refractivity contribution is 14.0. The van der Waals surface area contributed by atoms with Crippen molar-refractivity contribution < 1.29 is 8.42 Å². The lowest BCUT2D eigenvalue weighted by molar-refractivity contribution is 0.346. The summed E-state index contributed by atoms with van der Waals surface area (Å²) >= 11 is 0. The molecule has 1 aromatic carbocycles. The Hall–Kier alpha value is -1.59. The number of nitrogens with one attached hydrogen (secondary N) is 2. The van der Waals surface area contributed by atoms with Gasteiger partial charge in [0.1, 0.15) is 0 Å². The Morgan fingerprint density at radius 2 is 1.79 bits per heavy atom. The fraction of sp³-hybridized carbons (Fsp3) is 0.450. The maximum Gasteiger partial charge on any atom is 0.243 e. The first-order valence-corrected chi connectivity index (χ1v) is 11.2. The van der Waals surface area contributed by atoms with Crippen molar-refractivity contribution in [3.8, 4) is 0 Å². The van der Waals surface area contributed by atoms with Gasteiger partial charge in [0.2, 0.25) is 10.0 Å². The summed E-state index contributed by atoms with van der Waals surface area (Å²) in [5.74, 6) is 0.691. The largest absolute Gasteiger partial charge is 0.355 e. The molecule has 7 nitrogen and oxygen atoms in total. The number of hydrogen-bond acceptors (Lipinski definition) is 3. The molecule has 1 aliphatic rings. The van der Waals surface area contributed by atoms with E-state index in [2.05, 4.69) is 20.2 Å². The first-order chi connectivity index (χ1) is 13.6. The molecule has 0 aliphatic carbocycles. The van der Waals surface area contributed by atoms with Crippen molar-refractivity contribution in [2.24, 2.45) is 4.99 Å². The second-order valence-electron chi connectivity index (χ2n) is 6.89. The number of rotatable bonds is 7. The van der Waals surface area contributed by atoms with Gasteiger partial charge in [-0.25, -0.2) is 8.42 Å². The van der Waals surface area contributed by atoms with Crippen LogP contribution < -0.4 is 10.6 Å². The molecule has 0 bridgehead atoms. The van der Waals surface area contributed by atoms with Crippen LogP contribution in [0.2, 0.25) is 0 Å². The minimum Gasteiger partial charge on any atom is -0.355 e. The number of sulfonamides is 1. The molecule has 0 saturated carbocycles. The van der Waals surface area contributed by atoms with Gasteiger partial charge in [-0.2, -0.15) is 4.31 Å². The number of nitrogens with zero attached hydrogens (tertiary/aromatic N) is 3. The monoisotopic (exact) mass is 531 g/mol. The van der Waals surface area contributed by atoms with E-state index in [1.165, 1.54) is 0 Å². The molecule has 29 heavy (non-hydrogen) atoms. The molecule has 3 rings (SSSR count). The highest BCUT2D eigenvalue weighted by atomic mass is 127. The molecule has 0 amide bonds. The van der Waals surface area contributed by atoms with Crippen molar-refractivity contribution in [1.29, 1.82) is 0 Å². The zero-order valence-corrected chi connectivity index (χ0v) is 19.9. The van der Waals surface area contributed by atoms with E-state index >= 15 is 0 Å². The summed E-state index contributed by atoms with van der Waals surface area (Å²) < 4.78 is 29.4. The molecule has 1 fully saturated rings. The lowest BCUT2D eigenvalue weighted by atomic mass is 10.2. The van der Waals surface area contributed by atoms with Crippen molar-refractivity contribution in [3.05, 3.63) is 54.4 Å². The van der Waals surface area contributed by atoms with Gasteiger partial charge >= 0.3 is 0 Å². The second-order valence-corrected chi connectivity index (χ2v) is 8.82. The van der Waals surface area contributed by atoms with Crippen molar-refractivity contribution >= 4 is 40.0 Å². The van der Waals surface area contributed by atoms with Crippen LogP contribution in [0.5, 0.6) is 0 Å². The quantitative estimate of drug-likeness (QED) is 0.327. The highest BCUT2D eigenvalue weighted by Crippen LogP contribution is 2.21. The molecule has 1 aromatic heterocycles. The predicted molar refractivity (Wildman–Crippen MR) is 127 cm³/mol. The van der Waals surface area contributed by atoms with Gasteiger partial charge in [0, 0.05) is 52.2 Å². The van der Waals surface area contributed by atoms with Crippen molar-refractivity contribution in [3.63, 3.8) is 0 Å². The molecule has 0 unspecified atom stereocenters. The van der Waals surface area contributed by atoms with E-state index in [0.717, 1.165) is 37.9 Å². The number of piperidine rings is 1. The topological polar surface area (TPSA) is 78.7 Å². The highest BCUT2D eigenvalue weighted by Gasteiger charge is 2.25. The van der Waals surface area contributed by atoms with Crippen LogP contribution in [0.15, 0.2) is 58.7 Å². The molecule has 2 aromatic rings. The zero-order valence-electron chi connectivity index (χ0n) is 16.8. The third-order valence-corrected chi connectivity index (χ3v) is 6.76. The summed E-state index contributed by atoms with van der Waals surface area (Å²) in [7, 11) is -1.69. The SMILES string of the molecule is CN=C(NCCn1cccc1)NCc1cccc(S(=O)(=O)N2CCCCC2)c1.I.